The minimum Gasteiger partial charge on any atom is -0.507 e. The van der Waals surface area contributed by atoms with E-state index in [4.69, 9.17) is 0 Å². The van der Waals surface area contributed by atoms with Crippen LogP contribution in [0.5, 0.6) is 5.75 Å². The third kappa shape index (κ3) is 2.64. The zero-order valence-electron chi connectivity index (χ0n) is 9.89. The molecule has 0 bridgehead atoms. The topological polar surface area (TPSA) is 38.0 Å². The van der Waals surface area contributed by atoms with Crippen LogP contribution in [0, 0.1) is 11.7 Å². The Hall–Kier alpha value is -1.84. The molecule has 0 atom stereocenters. The molecule has 0 saturated heterocycles. The summed E-state index contributed by atoms with van der Waals surface area (Å²) in [6, 6.07) is 3.90. The van der Waals surface area contributed by atoms with Gasteiger partial charge in [0.25, 0.3) is 0 Å². The Morgan fingerprint density at radius 1 is 1.41 bits per heavy atom. The molecule has 0 aliphatic heterocycles. The fourth-order valence-electron chi connectivity index (χ4n) is 1.72. The van der Waals surface area contributed by atoms with Crippen LogP contribution in [0.15, 0.2) is 30.6 Å². The van der Waals surface area contributed by atoms with E-state index in [2.05, 4.69) is 18.9 Å². The SMILES string of the molecule is CC(C)Cn1cc(-c2cc(F)ccc2O)cn1. The summed E-state index contributed by atoms with van der Waals surface area (Å²) in [6.45, 7) is 5.00. The Balaban J connectivity index is 2.33. The number of aromatic nitrogens is 2. The maximum atomic E-state index is 13.1. The van der Waals surface area contributed by atoms with Crippen LogP contribution in [0.1, 0.15) is 13.8 Å². The van der Waals surface area contributed by atoms with Crippen molar-refractivity contribution < 1.29 is 9.50 Å². The number of rotatable bonds is 3. The van der Waals surface area contributed by atoms with E-state index < -0.39 is 0 Å². The van der Waals surface area contributed by atoms with Crippen LogP contribution in [-0.2, 0) is 6.54 Å². The van der Waals surface area contributed by atoms with Crippen LogP contribution >= 0.6 is 0 Å². The number of phenols is 1. The zero-order valence-corrected chi connectivity index (χ0v) is 9.89. The number of nitrogens with zero attached hydrogens (tertiary/aromatic N) is 2. The quantitative estimate of drug-likeness (QED) is 0.886. The fraction of sp³-hybridized carbons (Fsp3) is 0.308. The molecule has 4 heteroatoms. The van der Waals surface area contributed by atoms with Gasteiger partial charge in [0.05, 0.1) is 6.20 Å². The van der Waals surface area contributed by atoms with Gasteiger partial charge < -0.3 is 5.11 Å². The van der Waals surface area contributed by atoms with Gasteiger partial charge in [0.2, 0.25) is 0 Å². The normalized spacial score (nSPS) is 11.1. The first-order valence-electron chi connectivity index (χ1n) is 5.57. The monoisotopic (exact) mass is 234 g/mol. The van der Waals surface area contributed by atoms with Crippen molar-refractivity contribution in [3.05, 3.63) is 36.4 Å². The molecule has 0 saturated carbocycles. The van der Waals surface area contributed by atoms with Crippen molar-refractivity contribution in [2.75, 3.05) is 0 Å². The van der Waals surface area contributed by atoms with Crippen molar-refractivity contribution in [2.24, 2.45) is 5.92 Å². The third-order valence-electron chi connectivity index (χ3n) is 2.46. The van der Waals surface area contributed by atoms with E-state index in [-0.39, 0.29) is 11.6 Å². The molecular weight excluding hydrogens is 219 g/mol. The molecular formula is C13H15FN2O. The number of halogens is 1. The summed E-state index contributed by atoms with van der Waals surface area (Å²) < 4.78 is 14.9. The Bertz CT molecular complexity index is 520. The van der Waals surface area contributed by atoms with Gasteiger partial charge in [-0.05, 0) is 24.1 Å². The molecule has 1 aromatic carbocycles. The van der Waals surface area contributed by atoms with Crippen LogP contribution in [0.2, 0.25) is 0 Å². The number of hydrogen-bond donors (Lipinski definition) is 1. The van der Waals surface area contributed by atoms with Crippen molar-refractivity contribution in [3.8, 4) is 16.9 Å². The van der Waals surface area contributed by atoms with Gasteiger partial charge >= 0.3 is 0 Å². The molecule has 1 heterocycles. The van der Waals surface area contributed by atoms with Crippen LogP contribution in [-0.4, -0.2) is 14.9 Å². The van der Waals surface area contributed by atoms with Crippen LogP contribution in [0.25, 0.3) is 11.1 Å². The molecule has 2 aromatic rings. The van der Waals surface area contributed by atoms with Gasteiger partial charge in [-0.2, -0.15) is 5.10 Å². The molecule has 1 aromatic heterocycles. The summed E-state index contributed by atoms with van der Waals surface area (Å²) >= 11 is 0. The lowest BCUT2D eigenvalue weighted by atomic mass is 10.1. The van der Waals surface area contributed by atoms with Gasteiger partial charge in [0.1, 0.15) is 11.6 Å². The average Bonchev–Trinajstić information content (AvgIpc) is 2.69. The maximum absolute atomic E-state index is 13.1. The van der Waals surface area contributed by atoms with Crippen molar-refractivity contribution >= 4 is 0 Å². The molecule has 0 aliphatic rings. The lowest BCUT2D eigenvalue weighted by Crippen LogP contribution is -2.03. The van der Waals surface area contributed by atoms with Gasteiger partial charge in [0, 0.05) is 23.9 Å². The van der Waals surface area contributed by atoms with E-state index in [9.17, 15) is 9.50 Å². The van der Waals surface area contributed by atoms with Crippen molar-refractivity contribution in [1.82, 2.24) is 9.78 Å². The minimum atomic E-state index is -0.366. The lowest BCUT2D eigenvalue weighted by Gasteiger charge is -2.04. The van der Waals surface area contributed by atoms with E-state index in [1.54, 1.807) is 10.9 Å². The zero-order chi connectivity index (χ0) is 12.4. The maximum Gasteiger partial charge on any atom is 0.124 e. The molecule has 0 radical (unpaired) electrons. The number of aromatic hydroxyl groups is 1. The molecule has 17 heavy (non-hydrogen) atoms. The van der Waals surface area contributed by atoms with E-state index >= 15 is 0 Å². The summed E-state index contributed by atoms with van der Waals surface area (Å²) in [5.41, 5.74) is 1.20. The van der Waals surface area contributed by atoms with Gasteiger partial charge in [-0.25, -0.2) is 4.39 Å². The van der Waals surface area contributed by atoms with Crippen LogP contribution in [0.3, 0.4) is 0 Å². The van der Waals surface area contributed by atoms with Gasteiger partial charge in [0.15, 0.2) is 0 Å². The molecule has 0 amide bonds. The summed E-state index contributed by atoms with van der Waals surface area (Å²) in [6.07, 6.45) is 3.45. The summed E-state index contributed by atoms with van der Waals surface area (Å²) in [5, 5.41) is 13.9. The standard InChI is InChI=1S/C13H15FN2O/c1-9(2)7-16-8-10(6-15-16)12-5-11(14)3-4-13(12)17/h3-6,8-9,17H,7H2,1-2H3. The highest BCUT2D eigenvalue weighted by Gasteiger charge is 2.08. The van der Waals surface area contributed by atoms with Crippen molar-refractivity contribution in [3.63, 3.8) is 0 Å². The third-order valence-corrected chi connectivity index (χ3v) is 2.46. The van der Waals surface area contributed by atoms with Crippen molar-refractivity contribution in [2.45, 2.75) is 20.4 Å². The summed E-state index contributed by atoms with van der Waals surface area (Å²) in [7, 11) is 0. The second-order valence-corrected chi connectivity index (χ2v) is 4.51. The molecule has 2 rings (SSSR count). The Morgan fingerprint density at radius 3 is 2.88 bits per heavy atom. The minimum absolute atomic E-state index is 0.0653. The average molecular weight is 234 g/mol. The Labute approximate surface area is 99.5 Å². The van der Waals surface area contributed by atoms with E-state index in [1.807, 2.05) is 6.20 Å². The second-order valence-electron chi connectivity index (χ2n) is 4.51. The predicted molar refractivity (Wildman–Crippen MR) is 64.1 cm³/mol. The molecule has 0 unspecified atom stereocenters. The van der Waals surface area contributed by atoms with E-state index in [0.717, 1.165) is 12.1 Å². The number of benzene rings is 1. The molecule has 3 nitrogen and oxygen atoms in total. The van der Waals surface area contributed by atoms with Crippen LogP contribution < -0.4 is 0 Å². The highest BCUT2D eigenvalue weighted by Crippen LogP contribution is 2.29. The largest absolute Gasteiger partial charge is 0.507 e. The first kappa shape index (κ1) is 11.6. The van der Waals surface area contributed by atoms with Gasteiger partial charge in [-0.15, -0.1) is 0 Å². The number of hydrogen-bond acceptors (Lipinski definition) is 2. The predicted octanol–water partition coefficient (Wildman–Crippen LogP) is 3.05. The molecule has 0 aliphatic carbocycles. The van der Waals surface area contributed by atoms with Gasteiger partial charge in [-0.1, -0.05) is 13.8 Å². The van der Waals surface area contributed by atoms with Crippen molar-refractivity contribution in [1.29, 1.82) is 0 Å². The Morgan fingerprint density at radius 2 is 2.18 bits per heavy atom. The number of phenolic OH excluding ortho intramolecular Hbond substituents is 1. The van der Waals surface area contributed by atoms with Gasteiger partial charge in [-0.3, -0.25) is 4.68 Å². The molecule has 0 fully saturated rings. The molecule has 1 N–H and O–H groups in total. The Kier molecular flexibility index (Phi) is 3.13. The highest BCUT2D eigenvalue weighted by molar-refractivity contribution is 5.68. The fourth-order valence-corrected chi connectivity index (χ4v) is 1.72. The summed E-state index contributed by atoms with van der Waals surface area (Å²) in [4.78, 5) is 0. The van der Waals surface area contributed by atoms with E-state index in [1.165, 1.54) is 18.2 Å². The highest BCUT2D eigenvalue weighted by atomic mass is 19.1. The molecule has 0 spiro atoms. The summed E-state index contributed by atoms with van der Waals surface area (Å²) in [5.74, 6) is 0.189. The second kappa shape index (κ2) is 4.57. The van der Waals surface area contributed by atoms with Crippen LogP contribution in [0.4, 0.5) is 4.39 Å². The van der Waals surface area contributed by atoms with E-state index in [0.29, 0.717) is 11.5 Å². The smallest absolute Gasteiger partial charge is 0.124 e. The first-order chi connectivity index (χ1) is 8.06. The molecule has 90 valence electrons. The first-order valence-corrected chi connectivity index (χ1v) is 5.57. The lowest BCUT2D eigenvalue weighted by molar-refractivity contribution is 0.475.